The van der Waals surface area contributed by atoms with Crippen LogP contribution in [0.2, 0.25) is 0 Å². The zero-order valence-electron chi connectivity index (χ0n) is 14.6. The predicted molar refractivity (Wildman–Crippen MR) is 97.0 cm³/mol. The number of methoxy groups -OCH3 is 1. The number of allylic oxidation sites excluding steroid dienone is 1. The van der Waals surface area contributed by atoms with Crippen molar-refractivity contribution < 1.29 is 17.9 Å². The second-order valence-corrected chi connectivity index (χ2v) is 7.80. The topological polar surface area (TPSA) is 84.5 Å². The summed E-state index contributed by atoms with van der Waals surface area (Å²) >= 11 is 0. The molecule has 0 bridgehead atoms. The molecule has 0 aliphatic heterocycles. The Labute approximate surface area is 149 Å². The van der Waals surface area contributed by atoms with Crippen molar-refractivity contribution in [1.82, 2.24) is 10.0 Å². The van der Waals surface area contributed by atoms with E-state index in [-0.39, 0.29) is 23.8 Å². The van der Waals surface area contributed by atoms with Crippen molar-refractivity contribution in [1.29, 1.82) is 0 Å². The van der Waals surface area contributed by atoms with Gasteiger partial charge in [-0.3, -0.25) is 4.79 Å². The first kappa shape index (κ1) is 19.5. The lowest BCUT2D eigenvalue weighted by molar-refractivity contribution is -0.120. The Hall–Kier alpha value is -1.86. The average molecular weight is 366 g/mol. The summed E-state index contributed by atoms with van der Waals surface area (Å²) in [5.41, 5.74) is 1.41. The molecule has 0 aromatic heterocycles. The van der Waals surface area contributed by atoms with Crippen molar-refractivity contribution in [3.05, 3.63) is 35.9 Å². The normalized spacial score (nSPS) is 14.7. The summed E-state index contributed by atoms with van der Waals surface area (Å²) in [6.07, 6.45) is 8.00. The summed E-state index contributed by atoms with van der Waals surface area (Å²) < 4.78 is 31.7. The summed E-state index contributed by atoms with van der Waals surface area (Å²) in [6.45, 7) is 0.679. The lowest BCUT2D eigenvalue weighted by atomic mass is 9.97. The van der Waals surface area contributed by atoms with Crippen LogP contribution in [0.3, 0.4) is 0 Å². The number of hydrogen-bond donors (Lipinski definition) is 2. The van der Waals surface area contributed by atoms with Crippen molar-refractivity contribution >= 4 is 15.9 Å². The number of nitrogens with one attached hydrogen (secondary N) is 2. The Morgan fingerprint density at radius 2 is 1.92 bits per heavy atom. The van der Waals surface area contributed by atoms with Crippen LogP contribution in [0.25, 0.3) is 0 Å². The molecule has 1 aromatic rings. The van der Waals surface area contributed by atoms with E-state index < -0.39 is 10.0 Å². The molecule has 0 heterocycles. The van der Waals surface area contributed by atoms with E-state index in [9.17, 15) is 13.2 Å². The number of rotatable bonds is 9. The average Bonchev–Trinajstić information content (AvgIpc) is 2.62. The fourth-order valence-electron chi connectivity index (χ4n) is 2.72. The smallest absolute Gasteiger partial charge is 0.240 e. The van der Waals surface area contributed by atoms with Gasteiger partial charge in [-0.2, -0.15) is 0 Å². The quantitative estimate of drug-likeness (QED) is 0.657. The molecule has 138 valence electrons. The number of benzene rings is 1. The molecule has 7 heteroatoms. The van der Waals surface area contributed by atoms with Crippen LogP contribution in [0.15, 0.2) is 40.8 Å². The Bertz CT molecular complexity index is 696. The monoisotopic (exact) mass is 366 g/mol. The third kappa shape index (κ3) is 6.51. The third-order valence-corrected chi connectivity index (χ3v) is 5.64. The van der Waals surface area contributed by atoms with Crippen molar-refractivity contribution in [2.75, 3.05) is 20.2 Å². The second kappa shape index (κ2) is 9.58. The minimum absolute atomic E-state index is 0.0723. The highest BCUT2D eigenvalue weighted by Gasteiger charge is 2.14. The van der Waals surface area contributed by atoms with Crippen molar-refractivity contribution in [3.8, 4) is 5.75 Å². The van der Waals surface area contributed by atoms with Gasteiger partial charge in [0.2, 0.25) is 15.9 Å². The molecule has 2 rings (SSSR count). The van der Waals surface area contributed by atoms with Gasteiger partial charge in [0.05, 0.1) is 12.0 Å². The van der Waals surface area contributed by atoms with Crippen molar-refractivity contribution in [3.63, 3.8) is 0 Å². The van der Waals surface area contributed by atoms with Crippen molar-refractivity contribution in [2.24, 2.45) is 0 Å². The Morgan fingerprint density at radius 1 is 1.16 bits per heavy atom. The van der Waals surface area contributed by atoms with Crippen LogP contribution < -0.4 is 14.8 Å². The number of hydrogen-bond acceptors (Lipinski definition) is 4. The largest absolute Gasteiger partial charge is 0.497 e. The molecule has 0 radical (unpaired) electrons. The van der Waals surface area contributed by atoms with E-state index in [2.05, 4.69) is 16.1 Å². The summed E-state index contributed by atoms with van der Waals surface area (Å²) in [7, 11) is -2.09. The van der Waals surface area contributed by atoms with Crippen LogP contribution >= 0.6 is 0 Å². The van der Waals surface area contributed by atoms with E-state index in [1.54, 1.807) is 12.1 Å². The first-order chi connectivity index (χ1) is 12.0. The number of carbonyl (C=O) groups is 1. The molecule has 0 saturated heterocycles. The summed E-state index contributed by atoms with van der Waals surface area (Å²) in [4.78, 5) is 12.0. The maximum Gasteiger partial charge on any atom is 0.240 e. The molecule has 0 fully saturated rings. The van der Waals surface area contributed by atoms with E-state index in [0.29, 0.717) is 12.3 Å². The zero-order valence-corrected chi connectivity index (χ0v) is 15.4. The van der Waals surface area contributed by atoms with E-state index in [4.69, 9.17) is 4.74 Å². The van der Waals surface area contributed by atoms with E-state index in [1.807, 2.05) is 0 Å². The highest BCUT2D eigenvalue weighted by atomic mass is 32.2. The van der Waals surface area contributed by atoms with E-state index in [1.165, 1.54) is 37.7 Å². The third-order valence-electron chi connectivity index (χ3n) is 4.17. The van der Waals surface area contributed by atoms with Crippen LogP contribution in [-0.2, 0) is 14.8 Å². The molecule has 1 aliphatic carbocycles. The van der Waals surface area contributed by atoms with Gasteiger partial charge in [0.25, 0.3) is 0 Å². The fourth-order valence-corrected chi connectivity index (χ4v) is 3.75. The van der Waals surface area contributed by atoms with E-state index >= 15 is 0 Å². The Kier molecular flexibility index (Phi) is 7.46. The standard InChI is InChI=1S/C18H26N2O4S/c1-24-16-7-9-17(10-8-16)25(22,23)20-14-12-18(21)19-13-11-15-5-3-2-4-6-15/h5,7-10,20H,2-4,6,11-14H2,1H3,(H,19,21). The van der Waals surface area contributed by atoms with Gasteiger partial charge in [-0.15, -0.1) is 0 Å². The fraction of sp³-hybridized carbons (Fsp3) is 0.500. The highest BCUT2D eigenvalue weighted by Crippen LogP contribution is 2.19. The lowest BCUT2D eigenvalue weighted by Gasteiger charge is -2.13. The molecular weight excluding hydrogens is 340 g/mol. The van der Waals surface area contributed by atoms with Crippen LogP contribution in [0, 0.1) is 0 Å². The minimum atomic E-state index is -3.61. The molecule has 0 atom stereocenters. The molecule has 6 nitrogen and oxygen atoms in total. The van der Waals surface area contributed by atoms with Gasteiger partial charge in [0, 0.05) is 19.5 Å². The van der Waals surface area contributed by atoms with Gasteiger partial charge < -0.3 is 10.1 Å². The number of carbonyl (C=O) groups excluding carboxylic acids is 1. The Balaban J connectivity index is 1.69. The summed E-state index contributed by atoms with van der Waals surface area (Å²) in [5.74, 6) is 0.445. The van der Waals surface area contributed by atoms with Crippen LogP contribution in [0.5, 0.6) is 5.75 Å². The predicted octanol–water partition coefficient (Wildman–Crippen LogP) is 2.37. The van der Waals surface area contributed by atoms with Gasteiger partial charge in [0.1, 0.15) is 5.75 Å². The van der Waals surface area contributed by atoms with Crippen LogP contribution in [0.4, 0.5) is 0 Å². The van der Waals surface area contributed by atoms with Gasteiger partial charge in [-0.25, -0.2) is 13.1 Å². The van der Waals surface area contributed by atoms with Gasteiger partial charge >= 0.3 is 0 Å². The lowest BCUT2D eigenvalue weighted by Crippen LogP contribution is -2.31. The number of amides is 1. The maximum absolute atomic E-state index is 12.1. The number of sulfonamides is 1. The molecule has 0 unspecified atom stereocenters. The molecule has 0 saturated carbocycles. The first-order valence-corrected chi connectivity index (χ1v) is 10.1. The van der Waals surface area contributed by atoms with Gasteiger partial charge in [-0.1, -0.05) is 11.6 Å². The van der Waals surface area contributed by atoms with Gasteiger partial charge in [-0.05, 0) is 56.4 Å². The summed E-state index contributed by atoms with van der Waals surface area (Å²) in [5, 5.41) is 2.84. The molecule has 0 spiro atoms. The van der Waals surface area contributed by atoms with E-state index in [0.717, 1.165) is 19.3 Å². The molecule has 1 aromatic carbocycles. The van der Waals surface area contributed by atoms with Crippen molar-refractivity contribution in [2.45, 2.75) is 43.4 Å². The molecule has 1 amide bonds. The number of ether oxygens (including phenoxy) is 1. The Morgan fingerprint density at radius 3 is 2.56 bits per heavy atom. The minimum Gasteiger partial charge on any atom is -0.497 e. The second-order valence-electron chi connectivity index (χ2n) is 6.03. The van der Waals surface area contributed by atoms with Gasteiger partial charge in [0.15, 0.2) is 0 Å². The summed E-state index contributed by atoms with van der Waals surface area (Å²) in [6, 6.07) is 6.11. The van der Waals surface area contributed by atoms with Crippen LogP contribution in [-0.4, -0.2) is 34.5 Å². The SMILES string of the molecule is COc1ccc(S(=O)(=O)NCCC(=O)NCCC2=CCCCC2)cc1. The molecule has 1 aliphatic rings. The molecule has 25 heavy (non-hydrogen) atoms. The highest BCUT2D eigenvalue weighted by molar-refractivity contribution is 7.89. The zero-order chi connectivity index (χ0) is 18.1. The first-order valence-electron chi connectivity index (χ1n) is 8.59. The molecular formula is C18H26N2O4S. The van der Waals surface area contributed by atoms with Crippen LogP contribution in [0.1, 0.15) is 38.5 Å². The maximum atomic E-state index is 12.1. The molecule has 2 N–H and O–H groups in total.